The van der Waals surface area contributed by atoms with Gasteiger partial charge in [-0.05, 0) is 48.5 Å². The fourth-order valence-electron chi connectivity index (χ4n) is 1.56. The van der Waals surface area contributed by atoms with E-state index in [0.29, 0.717) is 11.4 Å². The van der Waals surface area contributed by atoms with Gasteiger partial charge in [0.05, 0.1) is 4.90 Å². The molecule has 104 valence electrons. The van der Waals surface area contributed by atoms with Gasteiger partial charge in [0.25, 0.3) is 10.0 Å². The lowest BCUT2D eigenvalue weighted by atomic mass is 10.2. The number of benzene rings is 2. The maximum absolute atomic E-state index is 12.1. The molecule has 0 spiro atoms. The predicted octanol–water partition coefficient (Wildman–Crippen LogP) is 1.17. The Morgan fingerprint density at radius 2 is 1.50 bits per heavy atom. The molecule has 0 aliphatic carbocycles. The Morgan fingerprint density at radius 1 is 0.950 bits per heavy atom. The smallest absolute Gasteiger partial charge is 0.261 e. The van der Waals surface area contributed by atoms with Gasteiger partial charge in [-0.3, -0.25) is 9.52 Å². The number of amides is 1. The monoisotopic (exact) mass is 291 g/mol. The highest BCUT2D eigenvalue weighted by atomic mass is 32.2. The minimum absolute atomic E-state index is 0.0410. The molecular weight excluding hydrogens is 278 g/mol. The lowest BCUT2D eigenvalue weighted by Crippen LogP contribution is -2.14. The summed E-state index contributed by atoms with van der Waals surface area (Å²) in [4.78, 5) is 11.0. The molecule has 0 aliphatic heterocycles. The van der Waals surface area contributed by atoms with Crippen molar-refractivity contribution in [2.24, 2.45) is 5.73 Å². The molecule has 6 nitrogen and oxygen atoms in total. The fourth-order valence-corrected chi connectivity index (χ4v) is 2.62. The summed E-state index contributed by atoms with van der Waals surface area (Å²) in [6.07, 6.45) is 0. The summed E-state index contributed by atoms with van der Waals surface area (Å²) in [6, 6.07) is 11.7. The van der Waals surface area contributed by atoms with E-state index in [0.717, 1.165) is 0 Å². The van der Waals surface area contributed by atoms with Gasteiger partial charge >= 0.3 is 0 Å². The van der Waals surface area contributed by atoms with Crippen LogP contribution in [-0.4, -0.2) is 14.3 Å². The number of nitrogens with one attached hydrogen (secondary N) is 1. The highest BCUT2D eigenvalue weighted by Crippen LogP contribution is 2.17. The number of rotatable bonds is 4. The molecule has 0 fully saturated rings. The average molecular weight is 291 g/mol. The second kappa shape index (κ2) is 5.22. The molecule has 7 heteroatoms. The van der Waals surface area contributed by atoms with Crippen molar-refractivity contribution in [3.63, 3.8) is 0 Å². The maximum atomic E-state index is 12.1. The SMILES string of the molecule is NC(=O)c1ccc(S(=O)(=O)Nc2ccc(N)cc2)cc1. The van der Waals surface area contributed by atoms with E-state index in [4.69, 9.17) is 11.5 Å². The molecule has 0 unspecified atom stereocenters. The van der Waals surface area contributed by atoms with Gasteiger partial charge in [-0.2, -0.15) is 0 Å². The van der Waals surface area contributed by atoms with Gasteiger partial charge in [0.1, 0.15) is 0 Å². The molecule has 0 aromatic heterocycles. The molecule has 2 aromatic rings. The largest absolute Gasteiger partial charge is 0.399 e. The summed E-state index contributed by atoms with van der Waals surface area (Å²) in [6.45, 7) is 0. The Labute approximate surface area is 116 Å². The Morgan fingerprint density at radius 3 is 2.00 bits per heavy atom. The van der Waals surface area contributed by atoms with Crippen molar-refractivity contribution < 1.29 is 13.2 Å². The van der Waals surface area contributed by atoms with E-state index in [9.17, 15) is 13.2 Å². The van der Waals surface area contributed by atoms with E-state index in [2.05, 4.69) is 4.72 Å². The molecule has 0 atom stereocenters. The van der Waals surface area contributed by atoms with Crippen LogP contribution in [-0.2, 0) is 10.0 Å². The van der Waals surface area contributed by atoms with Gasteiger partial charge < -0.3 is 11.5 Å². The number of sulfonamides is 1. The highest BCUT2D eigenvalue weighted by molar-refractivity contribution is 7.92. The van der Waals surface area contributed by atoms with Gasteiger partial charge in [0.2, 0.25) is 5.91 Å². The number of nitrogen functional groups attached to an aromatic ring is 1. The Kier molecular flexibility index (Phi) is 3.62. The predicted molar refractivity (Wildman–Crippen MR) is 76.6 cm³/mol. The number of hydrogen-bond donors (Lipinski definition) is 3. The molecule has 0 radical (unpaired) electrons. The summed E-state index contributed by atoms with van der Waals surface area (Å²) in [5.74, 6) is -0.611. The van der Waals surface area contributed by atoms with Crippen LogP contribution in [0, 0.1) is 0 Å². The molecule has 0 saturated heterocycles. The standard InChI is InChI=1S/C13H13N3O3S/c14-10-3-5-11(6-4-10)16-20(18,19)12-7-1-9(2-8-12)13(15)17/h1-8,16H,14H2,(H2,15,17). The number of hydrogen-bond acceptors (Lipinski definition) is 4. The normalized spacial score (nSPS) is 11.0. The van der Waals surface area contributed by atoms with Crippen molar-refractivity contribution >= 4 is 27.3 Å². The molecule has 0 bridgehead atoms. The van der Waals surface area contributed by atoms with Gasteiger partial charge in [0.15, 0.2) is 0 Å². The van der Waals surface area contributed by atoms with Crippen LogP contribution in [0.1, 0.15) is 10.4 Å². The van der Waals surface area contributed by atoms with Gasteiger partial charge in [-0.1, -0.05) is 0 Å². The zero-order chi connectivity index (χ0) is 14.8. The first-order valence-corrected chi connectivity index (χ1v) is 7.15. The summed E-state index contributed by atoms with van der Waals surface area (Å²) < 4.78 is 26.6. The van der Waals surface area contributed by atoms with Crippen LogP contribution in [0.5, 0.6) is 0 Å². The van der Waals surface area contributed by atoms with E-state index in [1.165, 1.54) is 24.3 Å². The molecule has 2 rings (SSSR count). The molecule has 2 aromatic carbocycles. The lowest BCUT2D eigenvalue weighted by molar-refractivity contribution is 0.1000. The van der Waals surface area contributed by atoms with Crippen LogP contribution in [0.2, 0.25) is 0 Å². The number of carbonyl (C=O) groups excluding carboxylic acids is 1. The van der Waals surface area contributed by atoms with Crippen LogP contribution >= 0.6 is 0 Å². The van der Waals surface area contributed by atoms with Crippen LogP contribution in [0.3, 0.4) is 0 Å². The maximum Gasteiger partial charge on any atom is 0.261 e. The van der Waals surface area contributed by atoms with Crippen molar-refractivity contribution in [2.75, 3.05) is 10.5 Å². The minimum atomic E-state index is -3.71. The molecule has 0 aliphatic rings. The average Bonchev–Trinajstić information content (AvgIpc) is 2.41. The summed E-state index contributed by atoms with van der Waals surface area (Å²) >= 11 is 0. The van der Waals surface area contributed by atoms with Gasteiger partial charge in [0, 0.05) is 16.9 Å². The zero-order valence-electron chi connectivity index (χ0n) is 10.4. The molecule has 1 amide bonds. The summed E-state index contributed by atoms with van der Waals surface area (Å²) in [7, 11) is -3.71. The fraction of sp³-hybridized carbons (Fsp3) is 0. The molecule has 0 saturated carbocycles. The first-order chi connectivity index (χ1) is 9.38. The first kappa shape index (κ1) is 13.9. The number of anilines is 2. The third kappa shape index (κ3) is 3.07. The van der Waals surface area contributed by atoms with Crippen molar-refractivity contribution in [1.29, 1.82) is 0 Å². The number of carbonyl (C=O) groups is 1. The Balaban J connectivity index is 2.26. The quantitative estimate of drug-likeness (QED) is 0.733. The van der Waals surface area contributed by atoms with Crippen molar-refractivity contribution in [3.05, 3.63) is 54.1 Å². The second-order valence-corrected chi connectivity index (χ2v) is 5.80. The van der Waals surface area contributed by atoms with E-state index in [1.807, 2.05) is 0 Å². The van der Waals surface area contributed by atoms with Crippen LogP contribution in [0.25, 0.3) is 0 Å². The lowest BCUT2D eigenvalue weighted by Gasteiger charge is -2.08. The number of primary amides is 1. The molecular formula is C13H13N3O3S. The van der Waals surface area contributed by atoms with Crippen LogP contribution in [0.15, 0.2) is 53.4 Å². The van der Waals surface area contributed by atoms with Crippen molar-refractivity contribution in [3.8, 4) is 0 Å². The summed E-state index contributed by atoms with van der Waals surface area (Å²) in [5.41, 5.74) is 11.8. The zero-order valence-corrected chi connectivity index (χ0v) is 11.2. The Bertz CT molecular complexity index is 722. The molecule has 5 N–H and O–H groups in total. The third-order valence-corrected chi connectivity index (χ3v) is 4.01. The molecule has 0 heterocycles. The minimum Gasteiger partial charge on any atom is -0.399 e. The van der Waals surface area contributed by atoms with Crippen LogP contribution < -0.4 is 16.2 Å². The summed E-state index contributed by atoms with van der Waals surface area (Å²) in [5, 5.41) is 0. The Hall–Kier alpha value is -2.54. The van der Waals surface area contributed by atoms with Crippen molar-refractivity contribution in [2.45, 2.75) is 4.90 Å². The third-order valence-electron chi connectivity index (χ3n) is 2.61. The topological polar surface area (TPSA) is 115 Å². The van der Waals surface area contributed by atoms with E-state index < -0.39 is 15.9 Å². The van der Waals surface area contributed by atoms with Crippen LogP contribution in [0.4, 0.5) is 11.4 Å². The van der Waals surface area contributed by atoms with E-state index in [-0.39, 0.29) is 10.5 Å². The van der Waals surface area contributed by atoms with Gasteiger partial charge in [-0.15, -0.1) is 0 Å². The highest BCUT2D eigenvalue weighted by Gasteiger charge is 2.14. The molecule has 20 heavy (non-hydrogen) atoms. The first-order valence-electron chi connectivity index (χ1n) is 5.67. The number of nitrogens with two attached hydrogens (primary N) is 2. The second-order valence-electron chi connectivity index (χ2n) is 4.12. The van der Waals surface area contributed by atoms with Crippen molar-refractivity contribution in [1.82, 2.24) is 0 Å². The van der Waals surface area contributed by atoms with E-state index in [1.54, 1.807) is 24.3 Å². The van der Waals surface area contributed by atoms with Gasteiger partial charge in [-0.25, -0.2) is 8.42 Å². The van der Waals surface area contributed by atoms with E-state index >= 15 is 0 Å².